The van der Waals surface area contributed by atoms with Crippen molar-refractivity contribution in [2.24, 2.45) is 0 Å². The molecule has 2 amide bonds. The van der Waals surface area contributed by atoms with Gasteiger partial charge in [-0.3, -0.25) is 20.4 Å². The Kier molecular flexibility index (Phi) is 6.59. The molecule has 0 saturated carbocycles. The van der Waals surface area contributed by atoms with Crippen molar-refractivity contribution in [3.63, 3.8) is 0 Å². The van der Waals surface area contributed by atoms with Crippen molar-refractivity contribution >= 4 is 17.8 Å². The summed E-state index contributed by atoms with van der Waals surface area (Å²) in [5, 5.41) is 0. The molecule has 2 N–H and O–H groups in total. The maximum absolute atomic E-state index is 11.9. The van der Waals surface area contributed by atoms with Crippen molar-refractivity contribution in [2.45, 2.75) is 26.7 Å². The van der Waals surface area contributed by atoms with Gasteiger partial charge in [-0.05, 0) is 42.2 Å². The fraction of sp³-hybridized carbons (Fsp3) is 0.316. The molecule has 0 radical (unpaired) electrons. The van der Waals surface area contributed by atoms with Crippen LogP contribution in [0.1, 0.15) is 52.0 Å². The van der Waals surface area contributed by atoms with Crippen LogP contribution in [0.4, 0.5) is 0 Å². The van der Waals surface area contributed by atoms with Crippen LogP contribution in [-0.2, 0) is 9.53 Å². The van der Waals surface area contributed by atoms with Crippen LogP contribution in [-0.4, -0.2) is 31.5 Å². The van der Waals surface area contributed by atoms with Crippen molar-refractivity contribution in [3.05, 3.63) is 53.0 Å². The van der Waals surface area contributed by atoms with Gasteiger partial charge >= 0.3 is 11.9 Å². The van der Waals surface area contributed by atoms with Crippen LogP contribution in [0.2, 0.25) is 0 Å². The van der Waals surface area contributed by atoms with Gasteiger partial charge in [0.15, 0.2) is 12.4 Å². The van der Waals surface area contributed by atoms with E-state index >= 15 is 0 Å². The summed E-state index contributed by atoms with van der Waals surface area (Å²) < 4.78 is 15.1. The van der Waals surface area contributed by atoms with E-state index in [2.05, 4.69) is 15.6 Å². The van der Waals surface area contributed by atoms with Gasteiger partial charge in [-0.2, -0.15) is 0 Å². The molecule has 0 unspecified atom stereocenters. The number of carbonyl (C=O) groups excluding carboxylic acids is 3. The first kappa shape index (κ1) is 20.0. The number of amides is 2. The molecule has 1 aromatic heterocycles. The molecule has 8 heteroatoms. The monoisotopic (exact) mass is 374 g/mol. The molecule has 0 aliphatic heterocycles. The average molecular weight is 374 g/mol. The Morgan fingerprint density at radius 2 is 1.78 bits per heavy atom. The molecule has 2 rings (SSSR count). The third-order valence-corrected chi connectivity index (χ3v) is 3.68. The maximum atomic E-state index is 11.9. The van der Waals surface area contributed by atoms with Crippen molar-refractivity contribution < 1.29 is 28.3 Å². The summed E-state index contributed by atoms with van der Waals surface area (Å²) in [4.78, 5) is 35.1. The predicted octanol–water partition coefficient (Wildman–Crippen LogP) is 2.34. The molecule has 0 fully saturated rings. The van der Waals surface area contributed by atoms with E-state index in [0.717, 1.165) is 11.1 Å². The van der Waals surface area contributed by atoms with Gasteiger partial charge in [0.2, 0.25) is 5.76 Å². The van der Waals surface area contributed by atoms with E-state index in [1.807, 2.05) is 39.0 Å². The summed E-state index contributed by atoms with van der Waals surface area (Å²) in [5.74, 6) is -1.34. The van der Waals surface area contributed by atoms with E-state index in [-0.39, 0.29) is 24.0 Å². The lowest BCUT2D eigenvalue weighted by Gasteiger charge is -2.14. The zero-order valence-electron chi connectivity index (χ0n) is 15.6. The van der Waals surface area contributed by atoms with Crippen LogP contribution >= 0.6 is 0 Å². The molecule has 0 atom stereocenters. The van der Waals surface area contributed by atoms with E-state index < -0.39 is 17.8 Å². The molecule has 0 aliphatic carbocycles. The van der Waals surface area contributed by atoms with Crippen LogP contribution in [0, 0.1) is 6.92 Å². The van der Waals surface area contributed by atoms with Crippen LogP contribution < -0.4 is 15.6 Å². The van der Waals surface area contributed by atoms with Crippen molar-refractivity contribution in [2.75, 3.05) is 13.7 Å². The highest BCUT2D eigenvalue weighted by Gasteiger charge is 2.17. The number of methoxy groups -OCH3 is 1. The minimum atomic E-state index is -0.711. The van der Waals surface area contributed by atoms with Crippen molar-refractivity contribution in [3.8, 4) is 5.75 Å². The molecule has 1 aromatic carbocycles. The van der Waals surface area contributed by atoms with Gasteiger partial charge in [0.1, 0.15) is 5.75 Å². The summed E-state index contributed by atoms with van der Waals surface area (Å²) in [6, 6.07) is 8.40. The summed E-state index contributed by atoms with van der Waals surface area (Å²) in [7, 11) is 1.20. The zero-order valence-corrected chi connectivity index (χ0v) is 15.6. The molecule has 0 aliphatic rings. The molecular formula is C19H22N2O6. The topological polar surface area (TPSA) is 107 Å². The Labute approximate surface area is 156 Å². The Bertz CT molecular complexity index is 840. The van der Waals surface area contributed by atoms with E-state index in [1.165, 1.54) is 19.2 Å². The summed E-state index contributed by atoms with van der Waals surface area (Å²) in [6.45, 7) is 5.73. The largest absolute Gasteiger partial charge is 0.483 e. The van der Waals surface area contributed by atoms with Crippen LogP contribution in [0.25, 0.3) is 0 Å². The molecule has 1 heterocycles. The lowest BCUT2D eigenvalue weighted by atomic mass is 10.0. The lowest BCUT2D eigenvalue weighted by Crippen LogP contribution is -2.43. The highest BCUT2D eigenvalue weighted by Crippen LogP contribution is 2.27. The van der Waals surface area contributed by atoms with E-state index in [0.29, 0.717) is 5.75 Å². The average Bonchev–Trinajstić information content (AvgIpc) is 3.13. The highest BCUT2D eigenvalue weighted by molar-refractivity contribution is 5.95. The predicted molar refractivity (Wildman–Crippen MR) is 96.4 cm³/mol. The smallest absolute Gasteiger partial charge is 0.373 e. The third-order valence-electron chi connectivity index (χ3n) is 3.68. The number of hydrogen-bond acceptors (Lipinski definition) is 6. The molecule has 0 bridgehead atoms. The van der Waals surface area contributed by atoms with Gasteiger partial charge < -0.3 is 13.9 Å². The second-order valence-electron chi connectivity index (χ2n) is 6.14. The number of hydrazine groups is 1. The number of aryl methyl sites for hydroxylation is 1. The SMILES string of the molecule is COC(=O)c1ccc(C(=O)NNC(=O)COc2cc(C)ccc2C(C)C)o1. The van der Waals surface area contributed by atoms with Gasteiger partial charge in [-0.1, -0.05) is 26.0 Å². The van der Waals surface area contributed by atoms with Gasteiger partial charge in [-0.15, -0.1) is 0 Å². The number of ether oxygens (including phenoxy) is 2. The first-order valence-corrected chi connectivity index (χ1v) is 8.32. The molecular weight excluding hydrogens is 352 g/mol. The van der Waals surface area contributed by atoms with Gasteiger partial charge in [0, 0.05) is 0 Å². The fourth-order valence-corrected chi connectivity index (χ4v) is 2.28. The third kappa shape index (κ3) is 5.34. The van der Waals surface area contributed by atoms with E-state index in [4.69, 9.17) is 9.15 Å². The van der Waals surface area contributed by atoms with E-state index in [1.54, 1.807) is 0 Å². The lowest BCUT2D eigenvalue weighted by molar-refractivity contribution is -0.123. The Balaban J connectivity index is 1.88. The molecule has 8 nitrogen and oxygen atoms in total. The van der Waals surface area contributed by atoms with Gasteiger partial charge in [0.05, 0.1) is 7.11 Å². The van der Waals surface area contributed by atoms with Gasteiger partial charge in [0.25, 0.3) is 5.91 Å². The highest BCUT2D eigenvalue weighted by atomic mass is 16.5. The Hall–Kier alpha value is -3.29. The molecule has 27 heavy (non-hydrogen) atoms. The second kappa shape index (κ2) is 8.88. The van der Waals surface area contributed by atoms with Crippen molar-refractivity contribution in [1.82, 2.24) is 10.9 Å². The summed E-state index contributed by atoms with van der Waals surface area (Å²) in [6.07, 6.45) is 0. The van der Waals surface area contributed by atoms with Gasteiger partial charge in [-0.25, -0.2) is 4.79 Å². The Morgan fingerprint density at radius 1 is 1.07 bits per heavy atom. The molecule has 0 spiro atoms. The quantitative estimate of drug-likeness (QED) is 0.594. The molecule has 144 valence electrons. The van der Waals surface area contributed by atoms with E-state index in [9.17, 15) is 14.4 Å². The zero-order chi connectivity index (χ0) is 20.0. The standard InChI is InChI=1S/C19H22N2O6/c1-11(2)13-6-5-12(3)9-16(13)26-10-17(22)20-21-18(23)14-7-8-15(27-14)19(24)25-4/h5-9,11H,10H2,1-4H3,(H,20,22)(H,21,23). The van der Waals surface area contributed by atoms with Crippen LogP contribution in [0.15, 0.2) is 34.7 Å². The number of hydrogen-bond donors (Lipinski definition) is 2. The number of benzene rings is 1. The first-order valence-electron chi connectivity index (χ1n) is 8.32. The normalized spacial score (nSPS) is 10.4. The second-order valence-corrected chi connectivity index (χ2v) is 6.14. The molecule has 2 aromatic rings. The number of furan rings is 1. The minimum Gasteiger partial charge on any atom is -0.483 e. The summed E-state index contributed by atoms with van der Waals surface area (Å²) >= 11 is 0. The Morgan fingerprint density at radius 3 is 2.44 bits per heavy atom. The van der Waals surface area contributed by atoms with Crippen molar-refractivity contribution in [1.29, 1.82) is 0 Å². The number of rotatable bonds is 6. The fourth-order valence-electron chi connectivity index (χ4n) is 2.28. The molecule has 0 saturated heterocycles. The van der Waals surface area contributed by atoms with Crippen LogP contribution in [0.3, 0.4) is 0 Å². The number of nitrogens with one attached hydrogen (secondary N) is 2. The number of esters is 1. The maximum Gasteiger partial charge on any atom is 0.373 e. The minimum absolute atomic E-state index is 0.113. The first-order chi connectivity index (χ1) is 12.8. The number of carbonyl (C=O) groups is 3. The van der Waals surface area contributed by atoms with Crippen LogP contribution in [0.5, 0.6) is 5.75 Å². The summed E-state index contributed by atoms with van der Waals surface area (Å²) in [5.41, 5.74) is 6.42.